The number of hydrogen-bond acceptors (Lipinski definition) is 2. The molecule has 2 aliphatic rings. The molecule has 20 heavy (non-hydrogen) atoms. The zero-order valence-corrected chi connectivity index (χ0v) is 13.6. The van der Waals surface area contributed by atoms with Crippen LogP contribution in [0, 0.1) is 17.3 Å². The zero-order chi connectivity index (χ0) is 15.0. The highest BCUT2D eigenvalue weighted by Crippen LogP contribution is 2.41. The van der Waals surface area contributed by atoms with Crippen molar-refractivity contribution in [2.75, 3.05) is 13.1 Å². The van der Waals surface area contributed by atoms with Gasteiger partial charge in [-0.05, 0) is 43.4 Å². The van der Waals surface area contributed by atoms with Crippen molar-refractivity contribution < 1.29 is 9.90 Å². The molecule has 3 heteroatoms. The smallest absolute Gasteiger partial charge is 0.225 e. The number of likely N-dealkylation sites (tertiary alicyclic amines) is 1. The van der Waals surface area contributed by atoms with E-state index in [4.69, 9.17) is 0 Å². The first-order valence-corrected chi connectivity index (χ1v) is 8.26. The lowest BCUT2D eigenvalue weighted by Gasteiger charge is -2.48. The van der Waals surface area contributed by atoms with Gasteiger partial charge in [-0.1, -0.05) is 34.1 Å². The van der Waals surface area contributed by atoms with Crippen LogP contribution in [-0.4, -0.2) is 34.6 Å². The summed E-state index contributed by atoms with van der Waals surface area (Å²) in [4.78, 5) is 14.3. The van der Waals surface area contributed by atoms with Gasteiger partial charge < -0.3 is 10.0 Å². The van der Waals surface area contributed by atoms with Crippen molar-refractivity contribution in [2.45, 2.75) is 71.8 Å². The van der Waals surface area contributed by atoms with E-state index in [0.717, 1.165) is 31.6 Å². The Morgan fingerprint density at radius 1 is 1.20 bits per heavy atom. The minimum absolute atomic E-state index is 0.208. The number of nitrogens with zero attached hydrogens (tertiary/aromatic N) is 1. The first-order valence-electron chi connectivity index (χ1n) is 8.26. The van der Waals surface area contributed by atoms with Gasteiger partial charge in [0.05, 0.1) is 18.7 Å². The highest BCUT2D eigenvalue weighted by molar-refractivity contribution is 5.80. The van der Waals surface area contributed by atoms with E-state index in [1.807, 2.05) is 4.90 Å². The summed E-state index contributed by atoms with van der Waals surface area (Å²) in [6, 6.07) is 0. The van der Waals surface area contributed by atoms with Crippen LogP contribution in [0.4, 0.5) is 0 Å². The minimum atomic E-state index is -0.590. The molecule has 1 aliphatic carbocycles. The molecule has 0 unspecified atom stereocenters. The normalized spacial score (nSPS) is 29.9. The van der Waals surface area contributed by atoms with Gasteiger partial charge in [0.25, 0.3) is 0 Å². The van der Waals surface area contributed by atoms with Gasteiger partial charge in [-0.2, -0.15) is 0 Å². The average Bonchev–Trinajstić information content (AvgIpc) is 2.34. The van der Waals surface area contributed by atoms with Gasteiger partial charge in [0.2, 0.25) is 5.91 Å². The second-order valence-electron chi connectivity index (χ2n) is 8.08. The molecule has 0 atom stereocenters. The summed E-state index contributed by atoms with van der Waals surface area (Å²) in [6.45, 7) is 10.1. The maximum absolute atomic E-state index is 12.4. The van der Waals surface area contributed by atoms with Crippen LogP contribution < -0.4 is 0 Å². The van der Waals surface area contributed by atoms with Gasteiger partial charge >= 0.3 is 0 Å². The van der Waals surface area contributed by atoms with Crippen molar-refractivity contribution in [3.8, 4) is 0 Å². The third-order valence-electron chi connectivity index (χ3n) is 5.30. The molecule has 0 aromatic heterocycles. The fourth-order valence-electron chi connectivity index (χ4n) is 3.91. The number of hydrogen-bond donors (Lipinski definition) is 1. The van der Waals surface area contributed by atoms with Crippen molar-refractivity contribution in [2.24, 2.45) is 17.3 Å². The molecule has 2 rings (SSSR count). The molecule has 1 aliphatic heterocycles. The number of carbonyl (C=O) groups is 1. The monoisotopic (exact) mass is 281 g/mol. The summed E-state index contributed by atoms with van der Waals surface area (Å²) in [5.41, 5.74) is -0.223. The van der Waals surface area contributed by atoms with Crippen molar-refractivity contribution >= 4 is 5.91 Å². The quantitative estimate of drug-likeness (QED) is 0.863. The molecule has 0 radical (unpaired) electrons. The van der Waals surface area contributed by atoms with Gasteiger partial charge in [-0.3, -0.25) is 4.79 Å². The van der Waals surface area contributed by atoms with E-state index in [1.54, 1.807) is 0 Å². The van der Waals surface area contributed by atoms with E-state index < -0.39 is 5.60 Å². The van der Waals surface area contributed by atoms with Crippen LogP contribution in [0.25, 0.3) is 0 Å². The topological polar surface area (TPSA) is 40.5 Å². The van der Waals surface area contributed by atoms with Crippen molar-refractivity contribution in [1.82, 2.24) is 4.90 Å². The Morgan fingerprint density at radius 3 is 2.20 bits per heavy atom. The summed E-state index contributed by atoms with van der Waals surface area (Å²) in [7, 11) is 0. The Morgan fingerprint density at radius 2 is 1.75 bits per heavy atom. The van der Waals surface area contributed by atoms with E-state index in [1.165, 1.54) is 12.8 Å². The Hall–Kier alpha value is -0.570. The molecular formula is C17H31NO2. The van der Waals surface area contributed by atoms with Crippen molar-refractivity contribution in [3.05, 3.63) is 0 Å². The summed E-state index contributed by atoms with van der Waals surface area (Å²) < 4.78 is 0. The Balaban J connectivity index is 1.79. The number of aliphatic hydroxyl groups is 1. The molecule has 0 aromatic rings. The first-order chi connectivity index (χ1) is 9.25. The van der Waals surface area contributed by atoms with Gasteiger partial charge in [0, 0.05) is 5.92 Å². The summed E-state index contributed by atoms with van der Waals surface area (Å²) in [5, 5.41) is 10.2. The molecule has 3 nitrogen and oxygen atoms in total. The summed E-state index contributed by atoms with van der Waals surface area (Å²) in [6.07, 6.45) is 6.20. The lowest BCUT2D eigenvalue weighted by atomic mass is 9.69. The molecule has 1 saturated carbocycles. The number of β-amino-alcohol motifs (C(OH)–C–C–N with tert-alkyl or cyclic N) is 1. The van der Waals surface area contributed by atoms with Crippen LogP contribution in [0.1, 0.15) is 66.2 Å². The average molecular weight is 281 g/mol. The van der Waals surface area contributed by atoms with Crippen LogP contribution in [0.2, 0.25) is 0 Å². The molecule has 0 aromatic carbocycles. The molecule has 0 spiro atoms. The molecule has 2 fully saturated rings. The second-order valence-corrected chi connectivity index (χ2v) is 8.08. The van der Waals surface area contributed by atoms with Gasteiger partial charge in [0.1, 0.15) is 0 Å². The lowest BCUT2D eigenvalue weighted by molar-refractivity contribution is -0.162. The second kappa shape index (κ2) is 5.67. The van der Waals surface area contributed by atoms with Crippen LogP contribution in [-0.2, 0) is 4.79 Å². The number of amides is 1. The standard InChI is InChI=1S/C17H31NO2/c1-5-10-17(20)11-18(12-17)15(19)13-6-8-14(9-7-13)16(2,3)4/h13-14,20H,5-12H2,1-4H3. The fourth-order valence-corrected chi connectivity index (χ4v) is 3.91. The molecule has 1 N–H and O–H groups in total. The SMILES string of the molecule is CCCC1(O)CN(C(=O)C2CCC(C(C)(C)C)CC2)C1. The maximum Gasteiger partial charge on any atom is 0.225 e. The number of carbonyl (C=O) groups excluding carboxylic acids is 1. The fraction of sp³-hybridized carbons (Fsp3) is 0.941. The molecule has 0 bridgehead atoms. The van der Waals surface area contributed by atoms with Crippen LogP contribution in [0.3, 0.4) is 0 Å². The Labute approximate surface area is 123 Å². The van der Waals surface area contributed by atoms with E-state index in [2.05, 4.69) is 27.7 Å². The molecule has 116 valence electrons. The predicted molar refractivity (Wildman–Crippen MR) is 81.3 cm³/mol. The Kier molecular flexibility index (Phi) is 4.48. The van der Waals surface area contributed by atoms with Crippen molar-refractivity contribution in [1.29, 1.82) is 0 Å². The van der Waals surface area contributed by atoms with Crippen LogP contribution in [0.15, 0.2) is 0 Å². The minimum Gasteiger partial charge on any atom is -0.386 e. The van der Waals surface area contributed by atoms with Gasteiger partial charge in [-0.25, -0.2) is 0 Å². The largest absolute Gasteiger partial charge is 0.386 e. The van der Waals surface area contributed by atoms with Crippen LogP contribution >= 0.6 is 0 Å². The molecule has 1 amide bonds. The summed E-state index contributed by atoms with van der Waals surface area (Å²) in [5.74, 6) is 1.25. The molecule has 1 saturated heterocycles. The zero-order valence-electron chi connectivity index (χ0n) is 13.6. The third kappa shape index (κ3) is 3.36. The maximum atomic E-state index is 12.4. The highest BCUT2D eigenvalue weighted by atomic mass is 16.3. The lowest BCUT2D eigenvalue weighted by Crippen LogP contribution is -2.64. The highest BCUT2D eigenvalue weighted by Gasteiger charge is 2.45. The van der Waals surface area contributed by atoms with E-state index in [-0.39, 0.29) is 11.8 Å². The third-order valence-corrected chi connectivity index (χ3v) is 5.30. The van der Waals surface area contributed by atoms with Gasteiger partial charge in [-0.15, -0.1) is 0 Å². The van der Waals surface area contributed by atoms with E-state index in [9.17, 15) is 9.90 Å². The van der Waals surface area contributed by atoms with Crippen LogP contribution in [0.5, 0.6) is 0 Å². The molecule has 1 heterocycles. The Bertz CT molecular complexity index is 344. The van der Waals surface area contributed by atoms with E-state index >= 15 is 0 Å². The van der Waals surface area contributed by atoms with Crippen molar-refractivity contribution in [3.63, 3.8) is 0 Å². The van der Waals surface area contributed by atoms with Gasteiger partial charge in [0.15, 0.2) is 0 Å². The summed E-state index contributed by atoms with van der Waals surface area (Å²) >= 11 is 0. The van der Waals surface area contributed by atoms with E-state index in [0.29, 0.717) is 18.5 Å². The molecular weight excluding hydrogens is 250 g/mol. The first kappa shape index (κ1) is 15.8. The number of rotatable bonds is 3. The predicted octanol–water partition coefficient (Wildman–Crippen LogP) is 3.21.